The minimum atomic E-state index is -0.318. The average molecular weight is 332 g/mol. The molecule has 0 heterocycles. The van der Waals surface area contributed by atoms with Crippen molar-refractivity contribution in [1.29, 1.82) is 0 Å². The summed E-state index contributed by atoms with van der Waals surface area (Å²) in [4.78, 5) is 15.5. The molecule has 0 spiro atoms. The number of thioether (sulfide) groups is 1. The fourth-order valence-corrected chi connectivity index (χ4v) is 2.54. The molecule has 3 nitrogen and oxygen atoms in total. The van der Waals surface area contributed by atoms with Gasteiger partial charge < -0.3 is 5.32 Å². The highest BCUT2D eigenvalue weighted by Crippen LogP contribution is 2.16. The summed E-state index contributed by atoms with van der Waals surface area (Å²) in [6.07, 6.45) is 2.04. The van der Waals surface area contributed by atoms with Crippen molar-refractivity contribution in [1.82, 2.24) is 4.90 Å². The molecular weight excluding hydrogens is 311 g/mol. The molecule has 0 saturated heterocycles. The molecule has 2 rings (SSSR count). The number of amides is 1. The molecule has 0 aliphatic rings. The number of hydrogen-bond donors (Lipinski definition) is 1. The molecule has 0 radical (unpaired) electrons. The lowest BCUT2D eigenvalue weighted by Crippen LogP contribution is -2.39. The summed E-state index contributed by atoms with van der Waals surface area (Å²) < 4.78 is 12.9. The van der Waals surface area contributed by atoms with Crippen LogP contribution >= 0.6 is 11.8 Å². The molecule has 0 fully saturated rings. The number of hydrogen-bond acceptors (Lipinski definition) is 3. The first-order valence-electron chi connectivity index (χ1n) is 7.39. The molecular formula is C18H21FN2OS. The zero-order valence-corrected chi connectivity index (χ0v) is 14.4. The Morgan fingerprint density at radius 3 is 2.35 bits per heavy atom. The van der Waals surface area contributed by atoms with Gasteiger partial charge in [-0.3, -0.25) is 9.69 Å². The van der Waals surface area contributed by atoms with Crippen LogP contribution in [0.1, 0.15) is 12.5 Å². The van der Waals surface area contributed by atoms with Crippen LogP contribution in [0.5, 0.6) is 0 Å². The third-order valence-corrected chi connectivity index (χ3v) is 4.49. The van der Waals surface area contributed by atoms with Crippen molar-refractivity contribution < 1.29 is 9.18 Å². The molecule has 1 amide bonds. The molecule has 0 saturated carbocycles. The molecule has 2 aromatic carbocycles. The molecule has 0 unspecified atom stereocenters. The summed E-state index contributed by atoms with van der Waals surface area (Å²) in [5.41, 5.74) is 1.76. The van der Waals surface area contributed by atoms with E-state index in [1.54, 1.807) is 23.9 Å². The number of carbonyl (C=O) groups is 1. The predicted molar refractivity (Wildman–Crippen MR) is 94.2 cm³/mol. The van der Waals surface area contributed by atoms with Gasteiger partial charge in [0.15, 0.2) is 0 Å². The van der Waals surface area contributed by atoms with Gasteiger partial charge in [-0.2, -0.15) is 0 Å². The highest BCUT2D eigenvalue weighted by atomic mass is 32.2. The fraction of sp³-hybridized carbons (Fsp3) is 0.278. The summed E-state index contributed by atoms with van der Waals surface area (Å²) in [6, 6.07) is 13.8. The minimum Gasteiger partial charge on any atom is -0.325 e. The number of nitrogens with one attached hydrogen (secondary N) is 1. The first-order valence-corrected chi connectivity index (χ1v) is 8.61. The van der Waals surface area contributed by atoms with Crippen LogP contribution in [0.15, 0.2) is 53.4 Å². The van der Waals surface area contributed by atoms with Gasteiger partial charge in [-0.05, 0) is 62.2 Å². The topological polar surface area (TPSA) is 32.3 Å². The third-order valence-electron chi connectivity index (χ3n) is 3.74. The number of nitrogens with zero attached hydrogens (tertiary/aromatic N) is 1. The van der Waals surface area contributed by atoms with Gasteiger partial charge in [0.1, 0.15) is 5.82 Å². The van der Waals surface area contributed by atoms with Gasteiger partial charge in [0.2, 0.25) is 5.91 Å². The molecule has 23 heavy (non-hydrogen) atoms. The maximum Gasteiger partial charge on any atom is 0.241 e. The van der Waals surface area contributed by atoms with Crippen molar-refractivity contribution in [2.45, 2.75) is 24.4 Å². The zero-order valence-electron chi connectivity index (χ0n) is 13.5. The van der Waals surface area contributed by atoms with Crippen molar-refractivity contribution in [3.63, 3.8) is 0 Å². The Labute approximate surface area is 140 Å². The third kappa shape index (κ3) is 5.08. The highest BCUT2D eigenvalue weighted by molar-refractivity contribution is 7.98. The summed E-state index contributed by atoms with van der Waals surface area (Å²) in [6.45, 7) is 2.54. The predicted octanol–water partition coefficient (Wildman–Crippen LogP) is 4.01. The van der Waals surface area contributed by atoms with Gasteiger partial charge in [0.05, 0.1) is 6.04 Å². The van der Waals surface area contributed by atoms with E-state index in [1.165, 1.54) is 17.0 Å². The first kappa shape index (κ1) is 17.5. The summed E-state index contributed by atoms with van der Waals surface area (Å²) in [5, 5.41) is 2.80. The SMILES string of the molecule is CSc1ccc(CN(C)[C@H](C)C(=O)Nc2ccc(F)cc2)cc1. The molecule has 0 aromatic heterocycles. The van der Waals surface area contributed by atoms with Crippen molar-refractivity contribution in [2.24, 2.45) is 0 Å². The van der Waals surface area contributed by atoms with Gasteiger partial charge in [-0.25, -0.2) is 4.39 Å². The Balaban J connectivity index is 1.93. The maximum absolute atomic E-state index is 12.9. The van der Waals surface area contributed by atoms with E-state index >= 15 is 0 Å². The summed E-state index contributed by atoms with van der Waals surface area (Å²) >= 11 is 1.71. The van der Waals surface area contributed by atoms with Crippen LogP contribution in [0, 0.1) is 5.82 Å². The number of benzene rings is 2. The Hall–Kier alpha value is -1.85. The lowest BCUT2D eigenvalue weighted by atomic mass is 10.2. The Morgan fingerprint density at radius 2 is 1.78 bits per heavy atom. The quantitative estimate of drug-likeness (QED) is 0.811. The van der Waals surface area contributed by atoms with Crippen LogP contribution in [-0.2, 0) is 11.3 Å². The monoisotopic (exact) mass is 332 g/mol. The van der Waals surface area contributed by atoms with E-state index in [2.05, 4.69) is 29.6 Å². The molecule has 122 valence electrons. The van der Waals surface area contributed by atoms with Crippen molar-refractivity contribution in [3.8, 4) is 0 Å². The smallest absolute Gasteiger partial charge is 0.241 e. The minimum absolute atomic E-state index is 0.111. The van der Waals surface area contributed by atoms with E-state index in [9.17, 15) is 9.18 Å². The molecule has 1 atom stereocenters. The van der Waals surface area contributed by atoms with Crippen LogP contribution in [0.3, 0.4) is 0 Å². The lowest BCUT2D eigenvalue weighted by Gasteiger charge is -2.24. The molecule has 2 aromatic rings. The first-order chi connectivity index (χ1) is 11.0. The van der Waals surface area contributed by atoms with Crippen LogP contribution in [0.25, 0.3) is 0 Å². The normalized spacial score (nSPS) is 12.2. The molecule has 0 aliphatic carbocycles. The zero-order chi connectivity index (χ0) is 16.8. The Morgan fingerprint density at radius 1 is 1.17 bits per heavy atom. The fourth-order valence-electron chi connectivity index (χ4n) is 2.14. The van der Waals surface area contributed by atoms with E-state index in [0.29, 0.717) is 12.2 Å². The largest absolute Gasteiger partial charge is 0.325 e. The maximum atomic E-state index is 12.9. The van der Waals surface area contributed by atoms with Crippen molar-refractivity contribution >= 4 is 23.4 Å². The van der Waals surface area contributed by atoms with E-state index in [4.69, 9.17) is 0 Å². The second-order valence-electron chi connectivity index (χ2n) is 5.44. The number of likely N-dealkylation sites (N-methyl/N-ethyl adjacent to an activating group) is 1. The van der Waals surface area contributed by atoms with Crippen molar-refractivity contribution in [2.75, 3.05) is 18.6 Å². The van der Waals surface area contributed by atoms with Crippen molar-refractivity contribution in [3.05, 3.63) is 59.9 Å². The molecule has 0 aliphatic heterocycles. The second kappa shape index (κ2) is 8.13. The Bertz CT molecular complexity index is 643. The standard InChI is InChI=1S/C18H21FN2OS/c1-13(18(22)20-16-8-6-15(19)7-9-16)21(2)12-14-4-10-17(23-3)11-5-14/h4-11,13H,12H2,1-3H3,(H,20,22)/t13-/m1/s1. The highest BCUT2D eigenvalue weighted by Gasteiger charge is 2.18. The summed E-state index contributed by atoms with van der Waals surface area (Å²) in [5.74, 6) is -0.429. The van der Waals surface area contributed by atoms with E-state index in [-0.39, 0.29) is 17.8 Å². The van der Waals surface area contributed by atoms with Gasteiger partial charge in [0.25, 0.3) is 0 Å². The molecule has 0 bridgehead atoms. The van der Waals surface area contributed by atoms with Gasteiger partial charge in [0, 0.05) is 17.1 Å². The van der Waals surface area contributed by atoms with Gasteiger partial charge in [-0.15, -0.1) is 11.8 Å². The van der Waals surface area contributed by atoms with Crippen LogP contribution < -0.4 is 5.32 Å². The number of carbonyl (C=O) groups excluding carboxylic acids is 1. The Kier molecular flexibility index (Phi) is 6.19. The second-order valence-corrected chi connectivity index (χ2v) is 6.31. The van der Waals surface area contributed by atoms with E-state index in [0.717, 1.165) is 5.56 Å². The molecule has 5 heteroatoms. The molecule has 1 N–H and O–H groups in total. The number of anilines is 1. The lowest BCUT2D eigenvalue weighted by molar-refractivity contribution is -0.120. The summed E-state index contributed by atoms with van der Waals surface area (Å²) in [7, 11) is 1.91. The van der Waals surface area contributed by atoms with Gasteiger partial charge in [-0.1, -0.05) is 12.1 Å². The number of rotatable bonds is 6. The number of halogens is 1. The van der Waals surface area contributed by atoms with E-state index < -0.39 is 0 Å². The van der Waals surface area contributed by atoms with Crippen LogP contribution in [0.2, 0.25) is 0 Å². The van der Waals surface area contributed by atoms with Crippen LogP contribution in [-0.4, -0.2) is 30.2 Å². The van der Waals surface area contributed by atoms with E-state index in [1.807, 2.05) is 25.1 Å². The van der Waals surface area contributed by atoms with Crippen LogP contribution in [0.4, 0.5) is 10.1 Å². The van der Waals surface area contributed by atoms with Gasteiger partial charge >= 0.3 is 0 Å². The average Bonchev–Trinajstić information content (AvgIpc) is 2.56.